The molecule has 1 aliphatic carbocycles. The average Bonchev–Trinajstić information content (AvgIpc) is 3.10. The fourth-order valence-electron chi connectivity index (χ4n) is 3.62. The van der Waals surface area contributed by atoms with E-state index in [0.717, 1.165) is 30.9 Å². The molecule has 1 fully saturated rings. The van der Waals surface area contributed by atoms with Crippen LogP contribution in [0.3, 0.4) is 0 Å². The summed E-state index contributed by atoms with van der Waals surface area (Å²) in [5.74, 6) is 3.07. The van der Waals surface area contributed by atoms with E-state index in [1.54, 1.807) is 4.57 Å². The van der Waals surface area contributed by atoms with Gasteiger partial charge in [-0.25, -0.2) is 9.67 Å². The van der Waals surface area contributed by atoms with E-state index in [-0.39, 0.29) is 17.8 Å². The van der Waals surface area contributed by atoms with Gasteiger partial charge in [-0.15, -0.1) is 15.3 Å². The number of amides is 1. The van der Waals surface area contributed by atoms with Gasteiger partial charge in [0.15, 0.2) is 5.82 Å². The van der Waals surface area contributed by atoms with Crippen LogP contribution in [0.4, 0.5) is 0 Å². The molecule has 1 aliphatic heterocycles. The number of aromatic nitrogens is 9. The first-order chi connectivity index (χ1) is 13.6. The molecule has 1 atom stereocenters. The topological polar surface area (TPSA) is 123 Å². The van der Waals surface area contributed by atoms with Crippen molar-refractivity contribution in [1.82, 2.24) is 49.6 Å². The lowest BCUT2D eigenvalue weighted by atomic mass is 10.00. The number of carbonyl (C=O) groups is 1. The molecule has 0 radical (unpaired) electrons. The highest BCUT2D eigenvalue weighted by atomic mass is 16.2. The van der Waals surface area contributed by atoms with Gasteiger partial charge < -0.3 is 4.90 Å². The fourth-order valence-corrected chi connectivity index (χ4v) is 3.62. The van der Waals surface area contributed by atoms with Gasteiger partial charge in [0.05, 0.1) is 12.6 Å². The van der Waals surface area contributed by atoms with E-state index in [9.17, 15) is 4.79 Å². The van der Waals surface area contributed by atoms with Crippen molar-refractivity contribution < 1.29 is 4.79 Å². The maximum absolute atomic E-state index is 13.2. The number of rotatable bonds is 5. The van der Waals surface area contributed by atoms with Crippen molar-refractivity contribution in [3.63, 3.8) is 0 Å². The van der Waals surface area contributed by atoms with Gasteiger partial charge >= 0.3 is 0 Å². The van der Waals surface area contributed by atoms with Crippen LogP contribution in [0.2, 0.25) is 0 Å². The molecule has 2 aliphatic rings. The summed E-state index contributed by atoms with van der Waals surface area (Å²) < 4.78 is 3.53. The molecule has 0 saturated heterocycles. The number of hydrogen-bond acceptors (Lipinski definition) is 7. The summed E-state index contributed by atoms with van der Waals surface area (Å²) in [7, 11) is 0. The minimum Gasteiger partial charge on any atom is -0.324 e. The summed E-state index contributed by atoms with van der Waals surface area (Å²) in [5, 5.41) is 19.0. The molecule has 3 aromatic rings. The second-order valence-corrected chi connectivity index (χ2v) is 7.82. The lowest BCUT2D eigenvalue weighted by molar-refractivity contribution is 0.0566. The van der Waals surface area contributed by atoms with E-state index >= 15 is 0 Å². The van der Waals surface area contributed by atoms with Crippen LogP contribution in [0.25, 0.3) is 5.95 Å². The summed E-state index contributed by atoms with van der Waals surface area (Å²) in [6.07, 6.45) is 6.11. The Balaban J connectivity index is 1.44. The van der Waals surface area contributed by atoms with Gasteiger partial charge in [-0.3, -0.25) is 14.5 Å². The van der Waals surface area contributed by atoms with E-state index in [1.165, 1.54) is 12.7 Å². The Morgan fingerprint density at radius 3 is 2.71 bits per heavy atom. The smallest absolute Gasteiger partial charge is 0.291 e. The molecule has 28 heavy (non-hydrogen) atoms. The Kier molecular flexibility index (Phi) is 3.95. The normalized spacial score (nSPS) is 19.2. The van der Waals surface area contributed by atoms with E-state index in [4.69, 9.17) is 4.98 Å². The summed E-state index contributed by atoms with van der Waals surface area (Å²) >= 11 is 0. The summed E-state index contributed by atoms with van der Waals surface area (Å²) in [4.78, 5) is 24.2. The van der Waals surface area contributed by atoms with Gasteiger partial charge in [-0.2, -0.15) is 10.1 Å². The van der Waals surface area contributed by atoms with Crippen molar-refractivity contribution in [3.05, 3.63) is 30.1 Å². The number of aromatic amines is 1. The van der Waals surface area contributed by atoms with Crippen LogP contribution in [0.15, 0.2) is 12.7 Å². The monoisotopic (exact) mass is 382 g/mol. The molecule has 4 heterocycles. The Bertz CT molecular complexity index is 984. The Hall–Kier alpha value is -3.11. The number of nitrogens with one attached hydrogen (secondary N) is 1. The van der Waals surface area contributed by atoms with Crippen LogP contribution in [0.1, 0.15) is 67.3 Å². The van der Waals surface area contributed by atoms with E-state index in [0.29, 0.717) is 30.9 Å². The standard InChI is InChI=1S/C17H22N10O/c1-10(2)7-12-15-20-13(11-3-4-11)24-27(15)6-5-26(12)16(28)14-21-17(23-22-14)25-8-18-19-9-25/h8-12H,3-7H2,1-2H3,(H,21,22,23)/t12-/m0/s1. The fraction of sp³-hybridized carbons (Fsp3) is 0.588. The van der Waals surface area contributed by atoms with Gasteiger partial charge in [0.1, 0.15) is 18.5 Å². The average molecular weight is 382 g/mol. The lowest BCUT2D eigenvalue weighted by Crippen LogP contribution is -2.43. The second kappa shape index (κ2) is 6.50. The Labute approximate surface area is 161 Å². The van der Waals surface area contributed by atoms with Gasteiger partial charge in [0.25, 0.3) is 11.9 Å². The molecule has 5 rings (SSSR count). The van der Waals surface area contributed by atoms with Crippen LogP contribution in [0, 0.1) is 5.92 Å². The first-order valence-corrected chi connectivity index (χ1v) is 9.63. The van der Waals surface area contributed by atoms with Crippen LogP contribution in [-0.2, 0) is 6.54 Å². The Morgan fingerprint density at radius 2 is 2.00 bits per heavy atom. The largest absolute Gasteiger partial charge is 0.324 e. The van der Waals surface area contributed by atoms with E-state index < -0.39 is 0 Å². The number of fused-ring (bicyclic) bond motifs is 1. The highest BCUT2D eigenvalue weighted by molar-refractivity contribution is 5.91. The second-order valence-electron chi connectivity index (χ2n) is 7.82. The molecule has 1 N–H and O–H groups in total. The van der Waals surface area contributed by atoms with Gasteiger partial charge in [0.2, 0.25) is 5.82 Å². The number of H-pyrrole nitrogens is 1. The molecule has 1 saturated carbocycles. The molecule has 0 aromatic carbocycles. The SMILES string of the molecule is CC(C)C[C@H]1c2nc(C3CC3)nn2CCN1C(=O)c1nc(-n2cnnc2)n[nH]1. The summed E-state index contributed by atoms with van der Waals surface area (Å²) in [6, 6.07) is -0.121. The predicted octanol–water partition coefficient (Wildman–Crippen LogP) is 1.10. The number of hydrogen-bond donors (Lipinski definition) is 1. The van der Waals surface area contributed by atoms with Crippen LogP contribution in [0.5, 0.6) is 0 Å². The zero-order valence-corrected chi connectivity index (χ0v) is 15.9. The van der Waals surface area contributed by atoms with Crippen molar-refractivity contribution >= 4 is 5.91 Å². The third-order valence-electron chi connectivity index (χ3n) is 5.17. The number of carbonyl (C=O) groups excluding carboxylic acids is 1. The van der Waals surface area contributed by atoms with Crippen molar-refractivity contribution in [2.24, 2.45) is 5.92 Å². The zero-order valence-electron chi connectivity index (χ0n) is 15.9. The van der Waals surface area contributed by atoms with Gasteiger partial charge in [-0.1, -0.05) is 13.8 Å². The molecule has 11 heteroatoms. The first kappa shape index (κ1) is 17.0. The molecule has 0 unspecified atom stereocenters. The highest BCUT2D eigenvalue weighted by Crippen LogP contribution is 2.40. The van der Waals surface area contributed by atoms with Crippen molar-refractivity contribution in [2.45, 2.75) is 51.6 Å². The number of nitrogens with zero attached hydrogens (tertiary/aromatic N) is 9. The zero-order chi connectivity index (χ0) is 19.3. The van der Waals surface area contributed by atoms with Crippen LogP contribution >= 0.6 is 0 Å². The molecule has 3 aromatic heterocycles. The highest BCUT2D eigenvalue weighted by Gasteiger charge is 2.38. The van der Waals surface area contributed by atoms with Crippen molar-refractivity contribution in [2.75, 3.05) is 6.54 Å². The molecule has 0 spiro atoms. The van der Waals surface area contributed by atoms with Crippen molar-refractivity contribution in [1.29, 1.82) is 0 Å². The summed E-state index contributed by atoms with van der Waals surface area (Å²) in [5.41, 5.74) is 0. The van der Waals surface area contributed by atoms with Crippen molar-refractivity contribution in [3.8, 4) is 5.95 Å². The molecular formula is C17H22N10O. The van der Waals surface area contributed by atoms with Gasteiger partial charge in [0, 0.05) is 12.5 Å². The van der Waals surface area contributed by atoms with E-state index in [1.807, 2.05) is 9.58 Å². The third-order valence-corrected chi connectivity index (χ3v) is 5.17. The minimum atomic E-state index is -0.181. The van der Waals surface area contributed by atoms with Crippen LogP contribution in [-0.4, -0.2) is 62.1 Å². The van der Waals surface area contributed by atoms with Gasteiger partial charge in [-0.05, 0) is 25.2 Å². The predicted molar refractivity (Wildman–Crippen MR) is 96.5 cm³/mol. The maximum atomic E-state index is 13.2. The summed E-state index contributed by atoms with van der Waals surface area (Å²) in [6.45, 7) is 5.51. The third kappa shape index (κ3) is 2.96. The Morgan fingerprint density at radius 1 is 1.21 bits per heavy atom. The maximum Gasteiger partial charge on any atom is 0.291 e. The lowest BCUT2D eigenvalue weighted by Gasteiger charge is -2.35. The van der Waals surface area contributed by atoms with E-state index in [2.05, 4.69) is 44.3 Å². The molecule has 146 valence electrons. The minimum absolute atomic E-state index is 0.121. The molecular weight excluding hydrogens is 360 g/mol. The molecule has 1 amide bonds. The molecule has 11 nitrogen and oxygen atoms in total. The molecule has 0 bridgehead atoms. The quantitative estimate of drug-likeness (QED) is 0.701. The first-order valence-electron chi connectivity index (χ1n) is 9.63. The van der Waals surface area contributed by atoms with Crippen LogP contribution < -0.4 is 0 Å².